The van der Waals surface area contributed by atoms with E-state index in [1.165, 1.54) is 7.11 Å². The van der Waals surface area contributed by atoms with E-state index in [4.69, 9.17) is 20.0 Å². The molecule has 0 heterocycles. The van der Waals surface area contributed by atoms with E-state index in [9.17, 15) is 4.57 Å². The van der Waals surface area contributed by atoms with Gasteiger partial charge in [-0.05, 0) is 44.4 Å². The molecule has 0 radical (unpaired) electrons. The molecule has 6 nitrogen and oxygen atoms in total. The third-order valence-corrected chi connectivity index (χ3v) is 8.71. The van der Waals surface area contributed by atoms with Crippen molar-refractivity contribution in [3.63, 3.8) is 0 Å². The van der Waals surface area contributed by atoms with E-state index in [1.54, 1.807) is 7.11 Å². The van der Waals surface area contributed by atoms with Crippen LogP contribution in [0.25, 0.3) is 0 Å². The van der Waals surface area contributed by atoms with Gasteiger partial charge in [0.25, 0.3) is 0 Å². The fourth-order valence-corrected chi connectivity index (χ4v) is 7.15. The van der Waals surface area contributed by atoms with E-state index in [0.717, 1.165) is 16.7 Å². The number of hydrogen-bond donors (Lipinski definition) is 1. The summed E-state index contributed by atoms with van der Waals surface area (Å²) in [7, 11) is 0.00240. The molecule has 2 N–H and O–H groups in total. The molecule has 0 fully saturated rings. The predicted octanol–water partition coefficient (Wildman–Crippen LogP) is 5.86. The standard InChI is InChI=1S/C30H41N2O4P/c1-23(2)32(24(3)4)22-28(34-5)30(36-35-6,37(31)33)29(25-16-10-7-11-17-25,26-18-12-8-13-19-26)27-20-14-9-15-21-27/h7-21,23-24,28,37H,22H2,1-6H3,(H2,31,33). The largest absolute Gasteiger partial charge is 0.376 e. The van der Waals surface area contributed by atoms with Crippen LogP contribution in [0.5, 0.6) is 0 Å². The van der Waals surface area contributed by atoms with Gasteiger partial charge in [0.05, 0.1) is 12.5 Å². The van der Waals surface area contributed by atoms with Crippen molar-refractivity contribution in [2.45, 2.75) is 56.6 Å². The van der Waals surface area contributed by atoms with Crippen LogP contribution >= 0.6 is 7.95 Å². The molecule has 0 bridgehead atoms. The van der Waals surface area contributed by atoms with Crippen molar-refractivity contribution in [3.05, 3.63) is 108 Å². The Kier molecular flexibility index (Phi) is 10.3. The minimum Gasteiger partial charge on any atom is -0.376 e. The van der Waals surface area contributed by atoms with Gasteiger partial charge in [0.2, 0.25) is 5.34 Å². The Morgan fingerprint density at radius 1 is 0.757 bits per heavy atom. The molecule has 7 heteroatoms. The number of hydrogen-bond acceptors (Lipinski definition) is 5. The molecule has 0 aliphatic heterocycles. The van der Waals surface area contributed by atoms with Gasteiger partial charge in [0.15, 0.2) is 7.95 Å². The van der Waals surface area contributed by atoms with Gasteiger partial charge in [-0.15, -0.1) is 0 Å². The summed E-state index contributed by atoms with van der Waals surface area (Å²) in [5, 5.41) is -1.62. The molecule has 0 spiro atoms. The lowest BCUT2D eigenvalue weighted by molar-refractivity contribution is -0.348. The van der Waals surface area contributed by atoms with Crippen molar-refractivity contribution < 1.29 is 19.1 Å². The van der Waals surface area contributed by atoms with Crippen LogP contribution in [-0.4, -0.2) is 49.2 Å². The maximum absolute atomic E-state index is 14.2. The van der Waals surface area contributed by atoms with Gasteiger partial charge in [0, 0.05) is 25.7 Å². The molecule has 3 rings (SSSR count). The number of benzene rings is 3. The lowest BCUT2D eigenvalue weighted by Gasteiger charge is -2.52. The van der Waals surface area contributed by atoms with E-state index in [-0.39, 0.29) is 12.1 Å². The first-order chi connectivity index (χ1) is 17.8. The summed E-state index contributed by atoms with van der Waals surface area (Å²) >= 11 is 0. The van der Waals surface area contributed by atoms with E-state index < -0.39 is 24.8 Å². The van der Waals surface area contributed by atoms with Crippen LogP contribution in [0.2, 0.25) is 0 Å². The summed E-state index contributed by atoms with van der Waals surface area (Å²) in [4.78, 5) is 14.1. The Bertz CT molecular complexity index is 1010. The smallest absolute Gasteiger partial charge is 0.210 e. The molecule has 3 aromatic carbocycles. The predicted molar refractivity (Wildman–Crippen MR) is 151 cm³/mol. The molecule has 0 amide bonds. The van der Waals surface area contributed by atoms with Gasteiger partial charge in [0.1, 0.15) is 6.10 Å². The van der Waals surface area contributed by atoms with Crippen LogP contribution in [0.15, 0.2) is 91.0 Å². The second-order valence-corrected chi connectivity index (χ2v) is 11.3. The number of methoxy groups -OCH3 is 1. The Hall–Kier alpha value is -2.31. The molecule has 200 valence electrons. The first-order valence-electron chi connectivity index (χ1n) is 12.7. The summed E-state index contributed by atoms with van der Waals surface area (Å²) in [5.41, 5.74) is 8.08. The number of ether oxygens (including phenoxy) is 1. The van der Waals surface area contributed by atoms with E-state index in [1.807, 2.05) is 91.0 Å². The van der Waals surface area contributed by atoms with Gasteiger partial charge in [-0.3, -0.25) is 10.4 Å². The van der Waals surface area contributed by atoms with E-state index in [2.05, 4.69) is 32.6 Å². The summed E-state index contributed by atoms with van der Waals surface area (Å²) < 4.78 is 20.4. The first-order valence-corrected chi connectivity index (χ1v) is 14.2. The molecule has 0 aliphatic rings. The van der Waals surface area contributed by atoms with Crippen molar-refractivity contribution >= 4 is 7.95 Å². The number of nitrogens with two attached hydrogens (primary N) is 1. The Morgan fingerprint density at radius 2 is 1.14 bits per heavy atom. The van der Waals surface area contributed by atoms with Crippen LogP contribution in [0.3, 0.4) is 0 Å². The SMILES string of the molecule is COOC(C(CN(C(C)C)C(C)C)OC)([PH](N)=O)C(c1ccccc1)(c1ccccc1)c1ccccc1. The number of nitrogens with zero attached hydrogens (tertiary/aromatic N) is 1. The molecule has 0 saturated carbocycles. The highest BCUT2D eigenvalue weighted by atomic mass is 31.1. The Morgan fingerprint density at radius 3 is 1.41 bits per heavy atom. The molecule has 3 atom stereocenters. The van der Waals surface area contributed by atoms with E-state index in [0.29, 0.717) is 6.54 Å². The van der Waals surface area contributed by atoms with Gasteiger partial charge in [-0.25, -0.2) is 9.78 Å². The molecule has 3 unspecified atom stereocenters. The monoisotopic (exact) mass is 524 g/mol. The Balaban J connectivity index is 2.53. The molecule has 0 saturated heterocycles. The van der Waals surface area contributed by atoms with Gasteiger partial charge in [-0.1, -0.05) is 91.0 Å². The lowest BCUT2D eigenvalue weighted by Crippen LogP contribution is -2.64. The second-order valence-electron chi connectivity index (χ2n) is 9.81. The second kappa shape index (κ2) is 13.0. The van der Waals surface area contributed by atoms with Crippen LogP contribution in [-0.2, 0) is 24.5 Å². The van der Waals surface area contributed by atoms with Crippen LogP contribution in [0.4, 0.5) is 0 Å². The summed E-state index contributed by atoms with van der Waals surface area (Å²) in [6.07, 6.45) is -0.728. The third-order valence-electron chi connectivity index (χ3n) is 7.20. The summed E-state index contributed by atoms with van der Waals surface area (Å²) in [6.45, 7) is 8.97. The van der Waals surface area contributed by atoms with Crippen molar-refractivity contribution in [1.82, 2.24) is 4.90 Å². The fraction of sp³-hybridized carbons (Fsp3) is 0.400. The highest BCUT2D eigenvalue weighted by Gasteiger charge is 2.64. The zero-order chi connectivity index (χ0) is 27.1. The molecular weight excluding hydrogens is 483 g/mol. The summed E-state index contributed by atoms with van der Waals surface area (Å²) in [5.74, 6) is 0. The molecule has 37 heavy (non-hydrogen) atoms. The topological polar surface area (TPSA) is 74.0 Å². The molecule has 0 aromatic heterocycles. The third kappa shape index (κ3) is 5.46. The zero-order valence-electron chi connectivity index (χ0n) is 22.8. The van der Waals surface area contributed by atoms with Gasteiger partial charge in [-0.2, -0.15) is 0 Å². The van der Waals surface area contributed by atoms with Crippen LogP contribution < -0.4 is 5.50 Å². The van der Waals surface area contributed by atoms with Gasteiger partial charge >= 0.3 is 0 Å². The lowest BCUT2D eigenvalue weighted by atomic mass is 9.63. The molecule has 3 aromatic rings. The zero-order valence-corrected chi connectivity index (χ0v) is 23.8. The molecular formula is C30H41N2O4P. The number of rotatable bonds is 13. The minimum absolute atomic E-state index is 0.206. The van der Waals surface area contributed by atoms with Crippen molar-refractivity contribution in [2.75, 3.05) is 20.8 Å². The first kappa shape index (κ1) is 29.2. The van der Waals surface area contributed by atoms with E-state index >= 15 is 0 Å². The fourth-order valence-electron chi connectivity index (χ4n) is 5.66. The van der Waals surface area contributed by atoms with Crippen molar-refractivity contribution in [1.29, 1.82) is 0 Å². The normalized spacial score (nSPS) is 15.6. The minimum atomic E-state index is -3.05. The van der Waals surface area contributed by atoms with Crippen LogP contribution in [0, 0.1) is 0 Å². The maximum atomic E-state index is 14.2. The quantitative estimate of drug-likeness (QED) is 0.131. The highest BCUT2D eigenvalue weighted by molar-refractivity contribution is 7.43. The Labute approximate surface area is 222 Å². The van der Waals surface area contributed by atoms with Crippen molar-refractivity contribution in [3.8, 4) is 0 Å². The van der Waals surface area contributed by atoms with Gasteiger partial charge < -0.3 is 9.30 Å². The average Bonchev–Trinajstić information content (AvgIpc) is 2.90. The van der Waals surface area contributed by atoms with Crippen molar-refractivity contribution in [2.24, 2.45) is 5.50 Å². The maximum Gasteiger partial charge on any atom is 0.210 e. The highest BCUT2D eigenvalue weighted by Crippen LogP contribution is 2.59. The average molecular weight is 525 g/mol. The molecule has 0 aliphatic carbocycles. The summed E-state index contributed by atoms with van der Waals surface area (Å²) in [6, 6.07) is 30.2. The van der Waals surface area contributed by atoms with Crippen LogP contribution in [0.1, 0.15) is 44.4 Å².